The largest absolute Gasteiger partial charge is 0.487 e. The minimum Gasteiger partial charge on any atom is -0.487 e. The molecule has 2 aliphatic rings. The number of fused-ring (bicyclic) bond motifs is 1. The maximum absolute atomic E-state index is 13.4. The number of aliphatic hydroxyl groups excluding tert-OH is 1. The zero-order chi connectivity index (χ0) is 30.1. The molecule has 0 saturated heterocycles. The maximum atomic E-state index is 13.4. The maximum Gasteiger partial charge on any atom is 0.256 e. The van der Waals surface area contributed by atoms with E-state index in [1.807, 2.05) is 78.9 Å². The molecule has 2 N–H and O–H groups in total. The zero-order valence-electron chi connectivity index (χ0n) is 24.1. The number of rotatable bonds is 8. The number of nitrogens with zero attached hydrogens (tertiary/aromatic N) is 3. The van der Waals surface area contributed by atoms with Crippen molar-refractivity contribution in [3.05, 3.63) is 148 Å². The number of carbonyl (C=O) groups excluding carboxylic acids is 1. The second-order valence-electron chi connectivity index (χ2n) is 11.5. The monoisotopic (exact) mass is 584 g/mol. The summed E-state index contributed by atoms with van der Waals surface area (Å²) in [5, 5.41) is 11.1. The van der Waals surface area contributed by atoms with E-state index in [4.69, 9.17) is 9.72 Å². The van der Waals surface area contributed by atoms with E-state index in [1.54, 1.807) is 17.2 Å². The summed E-state index contributed by atoms with van der Waals surface area (Å²) >= 11 is 0. The normalized spacial score (nSPS) is 15.7. The summed E-state index contributed by atoms with van der Waals surface area (Å²) in [5.41, 5.74) is 5.07. The molecule has 1 aliphatic carbocycles. The van der Waals surface area contributed by atoms with Gasteiger partial charge in [-0.1, -0.05) is 66.7 Å². The first-order chi connectivity index (χ1) is 21.5. The van der Waals surface area contributed by atoms with Crippen LogP contribution in [0.4, 0.5) is 0 Å². The van der Waals surface area contributed by atoms with E-state index in [0.29, 0.717) is 36.5 Å². The van der Waals surface area contributed by atoms with Gasteiger partial charge in [-0.25, -0.2) is 4.98 Å². The second kappa shape index (κ2) is 11.5. The molecule has 8 nitrogen and oxygen atoms in total. The molecule has 220 valence electrons. The van der Waals surface area contributed by atoms with Crippen LogP contribution in [0, 0.1) is 0 Å². The van der Waals surface area contributed by atoms with Gasteiger partial charge in [0.05, 0.1) is 28.9 Å². The summed E-state index contributed by atoms with van der Waals surface area (Å²) in [7, 11) is 0. The smallest absolute Gasteiger partial charge is 0.256 e. The summed E-state index contributed by atoms with van der Waals surface area (Å²) in [6, 6.07) is 30.9. The fourth-order valence-corrected chi connectivity index (χ4v) is 5.97. The first-order valence-corrected chi connectivity index (χ1v) is 14.9. The lowest BCUT2D eigenvalue weighted by Gasteiger charge is -2.30. The quantitative estimate of drug-likeness (QED) is 0.263. The highest BCUT2D eigenvalue weighted by atomic mass is 16.5. The number of aliphatic hydroxyl groups is 1. The van der Waals surface area contributed by atoms with Crippen molar-refractivity contribution < 1.29 is 14.6 Å². The highest BCUT2D eigenvalue weighted by molar-refractivity contribution is 5.83. The van der Waals surface area contributed by atoms with Crippen LogP contribution in [0.1, 0.15) is 52.8 Å². The first-order valence-electron chi connectivity index (χ1n) is 14.9. The molecule has 1 amide bonds. The van der Waals surface area contributed by atoms with E-state index in [-0.39, 0.29) is 17.5 Å². The molecule has 1 saturated carbocycles. The summed E-state index contributed by atoms with van der Waals surface area (Å²) in [5.74, 6) is 0.995. The number of hydrogen-bond donors (Lipinski definition) is 2. The number of aromatic nitrogens is 3. The van der Waals surface area contributed by atoms with Crippen LogP contribution in [0.2, 0.25) is 0 Å². The number of ether oxygens (including phenoxy) is 1. The molecule has 0 unspecified atom stereocenters. The fraction of sp³-hybridized carbons (Fsp3) is 0.222. The number of pyridine rings is 1. The predicted molar refractivity (Wildman–Crippen MR) is 166 cm³/mol. The number of nitrogens with one attached hydrogen (secondary N) is 1. The lowest BCUT2D eigenvalue weighted by molar-refractivity contribution is -0.141. The molecular weight excluding hydrogens is 552 g/mol. The van der Waals surface area contributed by atoms with Crippen LogP contribution in [0.3, 0.4) is 0 Å². The minimum atomic E-state index is -1.35. The number of H-pyrrole nitrogens is 1. The zero-order valence-corrected chi connectivity index (χ0v) is 24.1. The van der Waals surface area contributed by atoms with Crippen molar-refractivity contribution in [3.63, 3.8) is 0 Å². The van der Waals surface area contributed by atoms with Crippen molar-refractivity contribution in [3.8, 4) is 16.9 Å². The molecule has 44 heavy (non-hydrogen) atoms. The Balaban J connectivity index is 1.04. The highest BCUT2D eigenvalue weighted by Gasteiger charge is 2.48. The summed E-state index contributed by atoms with van der Waals surface area (Å²) in [6.07, 6.45) is 2.73. The Morgan fingerprint density at radius 1 is 0.955 bits per heavy atom. The molecular formula is C36H32N4O4. The van der Waals surface area contributed by atoms with Crippen LogP contribution in [-0.2, 0) is 29.8 Å². The minimum absolute atomic E-state index is 0.117. The number of carbonyl (C=O) groups is 1. The van der Waals surface area contributed by atoms with Crippen LogP contribution in [-0.4, -0.2) is 37.4 Å². The number of aromatic amines is 1. The van der Waals surface area contributed by atoms with E-state index in [2.05, 4.69) is 22.1 Å². The van der Waals surface area contributed by atoms with Crippen molar-refractivity contribution >= 4 is 5.91 Å². The van der Waals surface area contributed by atoms with Crippen molar-refractivity contribution in [2.75, 3.05) is 6.54 Å². The van der Waals surface area contributed by atoms with Gasteiger partial charge in [0.15, 0.2) is 6.10 Å². The van der Waals surface area contributed by atoms with Gasteiger partial charge in [0.2, 0.25) is 0 Å². The van der Waals surface area contributed by atoms with Crippen molar-refractivity contribution in [2.45, 2.75) is 43.9 Å². The van der Waals surface area contributed by atoms with Crippen LogP contribution >= 0.6 is 0 Å². The van der Waals surface area contributed by atoms with Crippen LogP contribution in [0.15, 0.2) is 108 Å². The van der Waals surface area contributed by atoms with Crippen molar-refractivity contribution in [1.29, 1.82) is 0 Å². The molecule has 0 spiro atoms. The van der Waals surface area contributed by atoms with Crippen LogP contribution in [0.25, 0.3) is 11.1 Å². The third-order valence-electron chi connectivity index (χ3n) is 8.65. The van der Waals surface area contributed by atoms with Crippen molar-refractivity contribution in [1.82, 2.24) is 19.9 Å². The first kappa shape index (κ1) is 27.7. The molecule has 8 heteroatoms. The molecule has 1 fully saturated rings. The van der Waals surface area contributed by atoms with Gasteiger partial charge in [-0.05, 0) is 65.4 Å². The Kier molecular flexibility index (Phi) is 7.28. The van der Waals surface area contributed by atoms with Gasteiger partial charge in [0, 0.05) is 19.2 Å². The molecule has 1 aliphatic heterocycles. The second-order valence-corrected chi connectivity index (χ2v) is 11.5. The Bertz CT molecular complexity index is 1850. The Labute approximate surface area is 255 Å². The van der Waals surface area contributed by atoms with Gasteiger partial charge in [-0.2, -0.15) is 0 Å². The lowest BCUT2D eigenvalue weighted by Crippen LogP contribution is -2.42. The van der Waals surface area contributed by atoms with Gasteiger partial charge >= 0.3 is 0 Å². The molecule has 3 aromatic carbocycles. The molecule has 5 aromatic rings. The van der Waals surface area contributed by atoms with Crippen molar-refractivity contribution in [2.24, 2.45) is 0 Å². The SMILES string of the molecule is O=C([C@H](O)c1cccc(-c2ccc(OCc3ccccn3)cc2)c1)N1CCc2nc(C3(c4ccccc4)CC3)[nH]c(=O)c2C1. The van der Waals surface area contributed by atoms with Gasteiger partial charge in [0.1, 0.15) is 18.2 Å². The fourth-order valence-electron chi connectivity index (χ4n) is 5.97. The van der Waals surface area contributed by atoms with Gasteiger partial charge in [-0.3, -0.25) is 14.6 Å². The predicted octanol–water partition coefficient (Wildman–Crippen LogP) is 5.11. The van der Waals surface area contributed by atoms with Gasteiger partial charge in [-0.15, -0.1) is 0 Å². The molecule has 0 radical (unpaired) electrons. The van der Waals surface area contributed by atoms with E-state index in [0.717, 1.165) is 46.7 Å². The summed E-state index contributed by atoms with van der Waals surface area (Å²) in [4.78, 5) is 40.4. The van der Waals surface area contributed by atoms with E-state index in [9.17, 15) is 14.7 Å². The Hall–Kier alpha value is -5.08. The van der Waals surface area contributed by atoms with Gasteiger partial charge < -0.3 is 19.7 Å². The lowest BCUT2D eigenvalue weighted by atomic mass is 9.94. The highest BCUT2D eigenvalue weighted by Crippen LogP contribution is 2.52. The van der Waals surface area contributed by atoms with Crippen LogP contribution in [0.5, 0.6) is 5.75 Å². The Morgan fingerprint density at radius 2 is 1.75 bits per heavy atom. The summed E-state index contributed by atoms with van der Waals surface area (Å²) < 4.78 is 5.84. The van der Waals surface area contributed by atoms with Crippen LogP contribution < -0.4 is 10.3 Å². The van der Waals surface area contributed by atoms with E-state index >= 15 is 0 Å². The average molecular weight is 585 g/mol. The van der Waals surface area contributed by atoms with E-state index < -0.39 is 12.0 Å². The number of hydrogen-bond acceptors (Lipinski definition) is 6. The van der Waals surface area contributed by atoms with Gasteiger partial charge in [0.25, 0.3) is 11.5 Å². The summed E-state index contributed by atoms with van der Waals surface area (Å²) in [6.45, 7) is 0.880. The topological polar surface area (TPSA) is 108 Å². The number of benzene rings is 3. The third kappa shape index (κ3) is 5.40. The molecule has 0 bridgehead atoms. The molecule has 1 atom stereocenters. The number of amides is 1. The standard InChI is InChI=1S/C36H32N4O4/c41-32(26-8-6-7-25(21-26)24-12-14-29(15-13-24)44-23-28-11-4-5-19-37-28)34(43)40-20-16-31-30(22-40)33(42)39-35(38-31)36(17-18-36)27-9-2-1-3-10-27/h1-15,19,21,32,41H,16-18,20,22-23H2,(H,38,39,42)/t32-/m1/s1. The van der Waals surface area contributed by atoms with E-state index in [1.165, 1.54) is 0 Å². The molecule has 3 heterocycles. The molecule has 2 aromatic heterocycles. The Morgan fingerprint density at radius 3 is 2.50 bits per heavy atom. The third-order valence-corrected chi connectivity index (χ3v) is 8.65. The average Bonchev–Trinajstić information content (AvgIpc) is 3.90. The molecule has 7 rings (SSSR count).